The fourth-order valence-electron chi connectivity index (χ4n) is 3.10. The maximum absolute atomic E-state index is 11.9. The lowest BCUT2D eigenvalue weighted by Crippen LogP contribution is -2.50. The first kappa shape index (κ1) is 11.9. The predicted molar refractivity (Wildman–Crippen MR) is 64.9 cm³/mol. The lowest BCUT2D eigenvalue weighted by molar-refractivity contribution is -0.136. The van der Waals surface area contributed by atoms with Crippen LogP contribution in [0.5, 0.6) is 0 Å². The van der Waals surface area contributed by atoms with E-state index in [4.69, 9.17) is 5.73 Å². The summed E-state index contributed by atoms with van der Waals surface area (Å²) < 4.78 is 0. The highest BCUT2D eigenvalue weighted by molar-refractivity contribution is 5.82. The molecule has 16 heavy (non-hydrogen) atoms. The highest BCUT2D eigenvalue weighted by Gasteiger charge is 2.30. The smallest absolute Gasteiger partial charge is 0.239 e. The lowest BCUT2D eigenvalue weighted by Gasteiger charge is -2.37. The Bertz CT molecular complexity index is 254. The first-order valence-corrected chi connectivity index (χ1v) is 6.73. The van der Waals surface area contributed by atoms with Gasteiger partial charge in [0, 0.05) is 13.1 Å². The molecule has 1 aliphatic heterocycles. The maximum Gasteiger partial charge on any atom is 0.239 e. The van der Waals surface area contributed by atoms with Crippen LogP contribution in [0.3, 0.4) is 0 Å². The van der Waals surface area contributed by atoms with Gasteiger partial charge in [0.1, 0.15) is 0 Å². The lowest BCUT2D eigenvalue weighted by atomic mass is 9.80. The monoisotopic (exact) mass is 224 g/mol. The number of likely N-dealkylation sites (tertiary alicyclic amines) is 1. The molecule has 3 nitrogen and oxygen atoms in total. The van der Waals surface area contributed by atoms with E-state index in [1.54, 1.807) is 0 Å². The van der Waals surface area contributed by atoms with Gasteiger partial charge in [0.25, 0.3) is 0 Å². The molecular weight excluding hydrogens is 200 g/mol. The minimum absolute atomic E-state index is 0.184. The Hall–Kier alpha value is -0.570. The Morgan fingerprint density at radius 1 is 1.25 bits per heavy atom. The Labute approximate surface area is 98.4 Å². The Morgan fingerprint density at radius 2 is 2.00 bits per heavy atom. The van der Waals surface area contributed by atoms with Gasteiger partial charge < -0.3 is 10.6 Å². The second-order valence-corrected chi connectivity index (χ2v) is 5.55. The van der Waals surface area contributed by atoms with Crippen LogP contribution in [0, 0.1) is 11.8 Å². The van der Waals surface area contributed by atoms with Crippen molar-refractivity contribution in [1.82, 2.24) is 4.90 Å². The summed E-state index contributed by atoms with van der Waals surface area (Å²) in [6.07, 6.45) is 7.27. The molecule has 2 fully saturated rings. The molecule has 1 saturated carbocycles. The molecule has 0 aromatic heterocycles. The van der Waals surface area contributed by atoms with Crippen LogP contribution in [0.15, 0.2) is 0 Å². The Kier molecular flexibility index (Phi) is 3.85. The van der Waals surface area contributed by atoms with Gasteiger partial charge in [-0.3, -0.25) is 4.79 Å². The summed E-state index contributed by atoms with van der Waals surface area (Å²) in [7, 11) is 0. The van der Waals surface area contributed by atoms with Crippen molar-refractivity contribution in [2.45, 2.75) is 51.5 Å². The molecule has 1 amide bonds. The number of rotatable bonds is 2. The van der Waals surface area contributed by atoms with Crippen molar-refractivity contribution in [3.63, 3.8) is 0 Å². The molecule has 92 valence electrons. The molecule has 3 unspecified atom stereocenters. The number of amides is 1. The van der Waals surface area contributed by atoms with E-state index in [2.05, 4.69) is 6.92 Å². The Balaban J connectivity index is 1.90. The molecule has 1 saturated heterocycles. The maximum atomic E-state index is 11.9. The molecule has 2 aliphatic rings. The van der Waals surface area contributed by atoms with Gasteiger partial charge in [-0.1, -0.05) is 26.2 Å². The number of hydrogen-bond donors (Lipinski definition) is 1. The van der Waals surface area contributed by atoms with Gasteiger partial charge in [0.15, 0.2) is 0 Å². The van der Waals surface area contributed by atoms with Crippen molar-refractivity contribution >= 4 is 5.91 Å². The van der Waals surface area contributed by atoms with E-state index in [1.807, 2.05) is 4.90 Å². The van der Waals surface area contributed by atoms with Gasteiger partial charge in [-0.15, -0.1) is 0 Å². The van der Waals surface area contributed by atoms with Crippen molar-refractivity contribution in [1.29, 1.82) is 0 Å². The van der Waals surface area contributed by atoms with Gasteiger partial charge in [-0.05, 0) is 31.1 Å². The molecule has 0 radical (unpaired) electrons. The zero-order valence-corrected chi connectivity index (χ0v) is 10.3. The number of carbonyl (C=O) groups excluding carboxylic acids is 1. The SMILES string of the molecule is CC1CCCCC1CN1CCCC(N)C1=O. The minimum Gasteiger partial charge on any atom is -0.341 e. The van der Waals surface area contributed by atoms with Crippen molar-refractivity contribution in [3.8, 4) is 0 Å². The number of carbonyl (C=O) groups is 1. The van der Waals surface area contributed by atoms with E-state index in [0.29, 0.717) is 5.92 Å². The summed E-state index contributed by atoms with van der Waals surface area (Å²) in [6, 6.07) is -0.229. The van der Waals surface area contributed by atoms with E-state index >= 15 is 0 Å². The quantitative estimate of drug-likeness (QED) is 0.777. The topological polar surface area (TPSA) is 46.3 Å². The van der Waals surface area contributed by atoms with E-state index < -0.39 is 0 Å². The molecule has 1 aliphatic carbocycles. The van der Waals surface area contributed by atoms with E-state index in [1.165, 1.54) is 25.7 Å². The second-order valence-electron chi connectivity index (χ2n) is 5.55. The molecular formula is C13H24N2O. The van der Waals surface area contributed by atoms with Crippen LogP contribution in [-0.4, -0.2) is 29.9 Å². The van der Waals surface area contributed by atoms with Crippen LogP contribution >= 0.6 is 0 Å². The van der Waals surface area contributed by atoms with Crippen molar-refractivity contribution in [2.24, 2.45) is 17.6 Å². The third-order valence-corrected chi connectivity index (χ3v) is 4.32. The summed E-state index contributed by atoms with van der Waals surface area (Å²) in [4.78, 5) is 13.9. The van der Waals surface area contributed by atoms with E-state index in [-0.39, 0.29) is 11.9 Å². The standard InChI is InChI=1S/C13H24N2O/c1-10-5-2-3-6-11(10)9-15-8-4-7-12(14)13(15)16/h10-12H,2-9,14H2,1H3. The van der Waals surface area contributed by atoms with Crippen LogP contribution < -0.4 is 5.73 Å². The van der Waals surface area contributed by atoms with Gasteiger partial charge >= 0.3 is 0 Å². The molecule has 2 rings (SSSR count). The largest absolute Gasteiger partial charge is 0.341 e. The van der Waals surface area contributed by atoms with Crippen molar-refractivity contribution < 1.29 is 4.79 Å². The minimum atomic E-state index is -0.229. The van der Waals surface area contributed by atoms with Gasteiger partial charge in [-0.25, -0.2) is 0 Å². The molecule has 0 aromatic carbocycles. The van der Waals surface area contributed by atoms with Crippen LogP contribution in [0.4, 0.5) is 0 Å². The summed E-state index contributed by atoms with van der Waals surface area (Å²) in [5, 5.41) is 0. The molecule has 3 atom stereocenters. The number of nitrogens with zero attached hydrogens (tertiary/aromatic N) is 1. The van der Waals surface area contributed by atoms with Gasteiger partial charge in [0.2, 0.25) is 5.91 Å². The number of nitrogens with two attached hydrogens (primary N) is 1. The predicted octanol–water partition coefficient (Wildman–Crippen LogP) is 1.76. The van der Waals surface area contributed by atoms with Crippen LogP contribution in [-0.2, 0) is 4.79 Å². The fourth-order valence-corrected chi connectivity index (χ4v) is 3.10. The zero-order chi connectivity index (χ0) is 11.5. The fraction of sp³-hybridized carbons (Fsp3) is 0.923. The summed E-state index contributed by atoms with van der Waals surface area (Å²) in [5.41, 5.74) is 5.82. The number of hydrogen-bond acceptors (Lipinski definition) is 2. The normalized spacial score (nSPS) is 36.5. The molecule has 0 aromatic rings. The average Bonchev–Trinajstić information content (AvgIpc) is 2.28. The second kappa shape index (κ2) is 5.17. The first-order valence-electron chi connectivity index (χ1n) is 6.73. The van der Waals surface area contributed by atoms with E-state index in [0.717, 1.165) is 31.8 Å². The molecule has 1 heterocycles. The summed E-state index contributed by atoms with van der Waals surface area (Å²) in [6.45, 7) is 4.21. The van der Waals surface area contributed by atoms with Crippen molar-refractivity contribution in [2.75, 3.05) is 13.1 Å². The summed E-state index contributed by atoms with van der Waals surface area (Å²) >= 11 is 0. The summed E-state index contributed by atoms with van der Waals surface area (Å²) in [5.74, 6) is 1.67. The van der Waals surface area contributed by atoms with Crippen LogP contribution in [0.1, 0.15) is 45.4 Å². The average molecular weight is 224 g/mol. The third-order valence-electron chi connectivity index (χ3n) is 4.32. The zero-order valence-electron chi connectivity index (χ0n) is 10.3. The highest BCUT2D eigenvalue weighted by Crippen LogP contribution is 2.30. The van der Waals surface area contributed by atoms with Gasteiger partial charge in [0.05, 0.1) is 6.04 Å². The molecule has 0 bridgehead atoms. The molecule has 3 heteroatoms. The van der Waals surface area contributed by atoms with Gasteiger partial charge in [-0.2, -0.15) is 0 Å². The van der Waals surface area contributed by atoms with E-state index in [9.17, 15) is 4.79 Å². The number of piperidine rings is 1. The first-order chi connectivity index (χ1) is 7.68. The Morgan fingerprint density at radius 3 is 2.75 bits per heavy atom. The molecule has 2 N–H and O–H groups in total. The van der Waals surface area contributed by atoms with Crippen LogP contribution in [0.25, 0.3) is 0 Å². The third kappa shape index (κ3) is 2.57. The van der Waals surface area contributed by atoms with Crippen molar-refractivity contribution in [3.05, 3.63) is 0 Å². The van der Waals surface area contributed by atoms with Crippen LogP contribution in [0.2, 0.25) is 0 Å². The highest BCUT2D eigenvalue weighted by atomic mass is 16.2. The molecule has 0 spiro atoms.